The highest BCUT2D eigenvalue weighted by Gasteiger charge is 2.17. The van der Waals surface area contributed by atoms with Crippen LogP contribution in [0.15, 0.2) is 12.4 Å². The summed E-state index contributed by atoms with van der Waals surface area (Å²) in [5.41, 5.74) is 0. The molecule has 5 nitrogen and oxygen atoms in total. The second kappa shape index (κ2) is 4.87. The summed E-state index contributed by atoms with van der Waals surface area (Å²) in [5.74, 6) is -0.184. The number of amides is 1. The van der Waals surface area contributed by atoms with Crippen molar-refractivity contribution < 1.29 is 9.18 Å². The molecule has 1 amide bonds. The molecule has 0 radical (unpaired) electrons. The first-order valence-corrected chi connectivity index (χ1v) is 5.25. The van der Waals surface area contributed by atoms with Crippen LogP contribution in [0, 0.1) is 5.82 Å². The average molecular weight is 224 g/mol. The Morgan fingerprint density at radius 2 is 2.00 bits per heavy atom. The van der Waals surface area contributed by atoms with E-state index in [-0.39, 0.29) is 18.4 Å². The molecule has 86 valence electrons. The lowest BCUT2D eigenvalue weighted by Gasteiger charge is -2.15. The lowest BCUT2D eigenvalue weighted by Crippen LogP contribution is -2.33. The van der Waals surface area contributed by atoms with Crippen LogP contribution < -0.4 is 5.32 Å². The molecule has 2 rings (SSSR count). The Hall–Kier alpha value is -1.72. The molecule has 6 heteroatoms. The molecule has 0 atom stereocenters. The number of nitrogens with one attached hydrogen (secondary N) is 1. The Morgan fingerprint density at radius 3 is 2.62 bits per heavy atom. The van der Waals surface area contributed by atoms with Crippen molar-refractivity contribution in [2.75, 3.05) is 25.0 Å². The van der Waals surface area contributed by atoms with Gasteiger partial charge in [0.15, 0.2) is 5.82 Å². The van der Waals surface area contributed by atoms with Gasteiger partial charge in [0.2, 0.25) is 11.9 Å². The number of carbonyl (C=O) groups excluding carboxylic acids is 1. The maximum absolute atomic E-state index is 12.5. The third-order valence-corrected chi connectivity index (χ3v) is 2.48. The summed E-state index contributed by atoms with van der Waals surface area (Å²) in [6.45, 7) is 1.81. The number of nitrogens with zero attached hydrogens (tertiary/aromatic N) is 3. The van der Waals surface area contributed by atoms with E-state index in [0.29, 0.717) is 0 Å². The molecule has 0 unspecified atom stereocenters. The van der Waals surface area contributed by atoms with Gasteiger partial charge in [-0.15, -0.1) is 0 Å². The largest absolute Gasteiger partial charge is 0.345 e. The van der Waals surface area contributed by atoms with Crippen LogP contribution in [0.2, 0.25) is 0 Å². The molecule has 1 aliphatic rings. The fourth-order valence-corrected chi connectivity index (χ4v) is 1.64. The van der Waals surface area contributed by atoms with E-state index < -0.39 is 5.82 Å². The molecule has 1 N–H and O–H groups in total. The van der Waals surface area contributed by atoms with E-state index >= 15 is 0 Å². The average Bonchev–Trinajstić information content (AvgIpc) is 2.81. The maximum Gasteiger partial charge on any atom is 0.241 e. The Balaban J connectivity index is 1.82. The molecule has 1 aromatic heterocycles. The van der Waals surface area contributed by atoms with Crippen molar-refractivity contribution in [1.29, 1.82) is 0 Å². The monoisotopic (exact) mass is 224 g/mol. The zero-order chi connectivity index (χ0) is 11.4. The SMILES string of the molecule is O=C(CNc1ncc(F)cn1)N1CCCC1. The number of halogens is 1. The third-order valence-electron chi connectivity index (χ3n) is 2.48. The minimum absolute atomic E-state index is 0.0328. The fraction of sp³-hybridized carbons (Fsp3) is 0.500. The molecule has 0 spiro atoms. The van der Waals surface area contributed by atoms with E-state index in [4.69, 9.17) is 0 Å². The minimum atomic E-state index is -0.489. The van der Waals surface area contributed by atoms with Crippen LogP contribution in [0.25, 0.3) is 0 Å². The number of rotatable bonds is 3. The van der Waals surface area contributed by atoms with E-state index in [1.807, 2.05) is 0 Å². The van der Waals surface area contributed by atoms with Crippen LogP contribution in [0.1, 0.15) is 12.8 Å². The maximum atomic E-state index is 12.5. The second-order valence-electron chi connectivity index (χ2n) is 3.67. The highest BCUT2D eigenvalue weighted by atomic mass is 19.1. The first-order chi connectivity index (χ1) is 7.75. The van der Waals surface area contributed by atoms with E-state index in [1.54, 1.807) is 4.90 Å². The Kier molecular flexibility index (Phi) is 3.28. The molecule has 16 heavy (non-hydrogen) atoms. The lowest BCUT2D eigenvalue weighted by molar-refractivity contribution is -0.128. The zero-order valence-electron chi connectivity index (χ0n) is 8.82. The number of hydrogen-bond acceptors (Lipinski definition) is 4. The number of likely N-dealkylation sites (tertiary alicyclic amines) is 1. The Bertz CT molecular complexity index is 362. The van der Waals surface area contributed by atoms with Crippen LogP contribution in [0.4, 0.5) is 10.3 Å². The fourth-order valence-electron chi connectivity index (χ4n) is 1.64. The van der Waals surface area contributed by atoms with Gasteiger partial charge in [-0.3, -0.25) is 4.79 Å². The predicted octanol–water partition coefficient (Wildman–Crippen LogP) is 0.650. The Labute approximate surface area is 92.7 Å². The van der Waals surface area contributed by atoms with E-state index in [1.165, 1.54) is 0 Å². The van der Waals surface area contributed by atoms with Gasteiger partial charge < -0.3 is 10.2 Å². The van der Waals surface area contributed by atoms with Gasteiger partial charge >= 0.3 is 0 Å². The molecular formula is C10H13FN4O. The van der Waals surface area contributed by atoms with Gasteiger partial charge in [0.05, 0.1) is 18.9 Å². The normalized spacial score (nSPS) is 15.2. The number of carbonyl (C=O) groups is 1. The van der Waals surface area contributed by atoms with Crippen molar-refractivity contribution >= 4 is 11.9 Å². The molecule has 0 aromatic carbocycles. The molecule has 1 fully saturated rings. The lowest BCUT2D eigenvalue weighted by atomic mass is 10.4. The first kappa shape index (κ1) is 10.8. The van der Waals surface area contributed by atoms with Crippen molar-refractivity contribution in [3.8, 4) is 0 Å². The number of hydrogen-bond donors (Lipinski definition) is 1. The van der Waals surface area contributed by atoms with Crippen LogP contribution in [0.3, 0.4) is 0 Å². The summed E-state index contributed by atoms with van der Waals surface area (Å²) in [6, 6.07) is 0. The van der Waals surface area contributed by atoms with Crippen molar-refractivity contribution in [3.05, 3.63) is 18.2 Å². The number of anilines is 1. The van der Waals surface area contributed by atoms with Crippen LogP contribution >= 0.6 is 0 Å². The topological polar surface area (TPSA) is 58.1 Å². The summed E-state index contributed by atoms with van der Waals surface area (Å²) in [5, 5.41) is 2.77. The summed E-state index contributed by atoms with van der Waals surface area (Å²) >= 11 is 0. The van der Waals surface area contributed by atoms with E-state index in [0.717, 1.165) is 38.3 Å². The van der Waals surface area contributed by atoms with E-state index in [2.05, 4.69) is 15.3 Å². The highest BCUT2D eigenvalue weighted by molar-refractivity contribution is 5.80. The molecular weight excluding hydrogens is 211 g/mol. The summed E-state index contributed by atoms with van der Waals surface area (Å²) in [7, 11) is 0. The standard InChI is InChI=1S/C10H13FN4O/c11-8-5-12-10(13-6-8)14-7-9(16)15-3-1-2-4-15/h5-6H,1-4,7H2,(H,12,13,14). The third kappa shape index (κ3) is 2.65. The number of aromatic nitrogens is 2. The van der Waals surface area contributed by atoms with Gasteiger partial charge in [-0.1, -0.05) is 0 Å². The zero-order valence-corrected chi connectivity index (χ0v) is 8.82. The molecule has 1 saturated heterocycles. The van der Waals surface area contributed by atoms with Gasteiger partial charge in [-0.2, -0.15) is 0 Å². The van der Waals surface area contributed by atoms with Gasteiger partial charge in [0.25, 0.3) is 0 Å². The molecule has 1 aliphatic heterocycles. The summed E-state index contributed by atoms with van der Waals surface area (Å²) in [4.78, 5) is 20.8. The van der Waals surface area contributed by atoms with Crippen LogP contribution in [-0.2, 0) is 4.79 Å². The molecule has 0 bridgehead atoms. The van der Waals surface area contributed by atoms with Crippen LogP contribution in [0.5, 0.6) is 0 Å². The van der Waals surface area contributed by atoms with Gasteiger partial charge in [-0.25, -0.2) is 14.4 Å². The van der Waals surface area contributed by atoms with Crippen molar-refractivity contribution in [3.63, 3.8) is 0 Å². The van der Waals surface area contributed by atoms with Gasteiger partial charge in [0, 0.05) is 13.1 Å². The van der Waals surface area contributed by atoms with E-state index in [9.17, 15) is 9.18 Å². The smallest absolute Gasteiger partial charge is 0.241 e. The Morgan fingerprint density at radius 1 is 1.38 bits per heavy atom. The minimum Gasteiger partial charge on any atom is -0.345 e. The molecule has 1 aromatic rings. The second-order valence-corrected chi connectivity index (χ2v) is 3.67. The van der Waals surface area contributed by atoms with Gasteiger partial charge in [0.1, 0.15) is 0 Å². The van der Waals surface area contributed by atoms with Crippen molar-refractivity contribution in [2.24, 2.45) is 0 Å². The molecule has 2 heterocycles. The highest BCUT2D eigenvalue weighted by Crippen LogP contribution is 2.07. The summed E-state index contributed by atoms with van der Waals surface area (Å²) in [6.07, 6.45) is 4.27. The van der Waals surface area contributed by atoms with Gasteiger partial charge in [-0.05, 0) is 12.8 Å². The van der Waals surface area contributed by atoms with Crippen molar-refractivity contribution in [2.45, 2.75) is 12.8 Å². The first-order valence-electron chi connectivity index (χ1n) is 5.25. The quantitative estimate of drug-likeness (QED) is 0.819. The van der Waals surface area contributed by atoms with Crippen molar-refractivity contribution in [1.82, 2.24) is 14.9 Å². The predicted molar refractivity (Wildman–Crippen MR) is 56.3 cm³/mol. The molecule has 0 aliphatic carbocycles. The summed E-state index contributed by atoms with van der Waals surface area (Å²) < 4.78 is 12.5. The van der Waals surface area contributed by atoms with Crippen LogP contribution in [-0.4, -0.2) is 40.4 Å². The molecule has 0 saturated carbocycles.